The zero-order valence-electron chi connectivity index (χ0n) is 15.1. The molecule has 134 valence electrons. The molecule has 1 aliphatic rings. The molecule has 0 saturated heterocycles. The molecule has 0 aromatic heterocycles. The Bertz CT molecular complexity index is 835. The van der Waals surface area contributed by atoms with Crippen molar-refractivity contribution >= 4 is 17.2 Å². The second-order valence-electron chi connectivity index (χ2n) is 6.37. The summed E-state index contributed by atoms with van der Waals surface area (Å²) in [5.74, 6) is 0.905. The Morgan fingerprint density at radius 3 is 2.42 bits per heavy atom. The Morgan fingerprint density at radius 2 is 1.81 bits per heavy atom. The molecule has 0 heterocycles. The van der Waals surface area contributed by atoms with Crippen molar-refractivity contribution in [2.24, 2.45) is 4.99 Å². The maximum Gasteiger partial charge on any atom is 0.168 e. The van der Waals surface area contributed by atoms with E-state index in [1.807, 2.05) is 61.5 Å². The molecule has 0 radical (unpaired) electrons. The van der Waals surface area contributed by atoms with Crippen molar-refractivity contribution in [1.29, 1.82) is 0 Å². The van der Waals surface area contributed by atoms with E-state index in [9.17, 15) is 9.90 Å². The zero-order chi connectivity index (χ0) is 18.5. The Labute approximate surface area is 153 Å². The lowest BCUT2D eigenvalue weighted by molar-refractivity contribution is -0.115. The van der Waals surface area contributed by atoms with E-state index in [1.54, 1.807) is 7.11 Å². The van der Waals surface area contributed by atoms with Crippen LogP contribution in [0.5, 0.6) is 5.75 Å². The third-order valence-corrected chi connectivity index (χ3v) is 4.67. The van der Waals surface area contributed by atoms with Gasteiger partial charge in [0.1, 0.15) is 11.5 Å². The monoisotopic (exact) mass is 349 g/mol. The van der Waals surface area contributed by atoms with Gasteiger partial charge in [-0.2, -0.15) is 0 Å². The van der Waals surface area contributed by atoms with E-state index in [-0.39, 0.29) is 17.5 Å². The number of hydrogen-bond donors (Lipinski definition) is 1. The van der Waals surface area contributed by atoms with E-state index in [0.29, 0.717) is 30.5 Å². The summed E-state index contributed by atoms with van der Waals surface area (Å²) in [7, 11) is 1.62. The highest BCUT2D eigenvalue weighted by Gasteiger charge is 2.32. The normalized spacial score (nSPS) is 20.9. The van der Waals surface area contributed by atoms with Crippen molar-refractivity contribution < 1.29 is 14.6 Å². The van der Waals surface area contributed by atoms with Crippen LogP contribution in [0.4, 0.5) is 5.69 Å². The van der Waals surface area contributed by atoms with Crippen molar-refractivity contribution in [2.45, 2.75) is 32.1 Å². The molecule has 1 aliphatic carbocycles. The number of aliphatic hydroxyl groups is 1. The molecule has 1 atom stereocenters. The summed E-state index contributed by atoms with van der Waals surface area (Å²) in [5, 5.41) is 10.3. The maximum absolute atomic E-state index is 12.8. The number of nitrogens with zero attached hydrogens (tertiary/aromatic N) is 1. The van der Waals surface area contributed by atoms with Crippen LogP contribution >= 0.6 is 0 Å². The molecule has 26 heavy (non-hydrogen) atoms. The first-order valence-corrected chi connectivity index (χ1v) is 8.84. The number of benzene rings is 2. The minimum atomic E-state index is -0.0447. The van der Waals surface area contributed by atoms with Gasteiger partial charge in [-0.25, -0.2) is 0 Å². The highest BCUT2D eigenvalue weighted by molar-refractivity contribution is 6.25. The van der Waals surface area contributed by atoms with Crippen molar-refractivity contribution in [2.75, 3.05) is 7.11 Å². The van der Waals surface area contributed by atoms with Crippen LogP contribution < -0.4 is 4.74 Å². The third-order valence-electron chi connectivity index (χ3n) is 4.67. The number of carbonyl (C=O) groups excluding carboxylic acids is 1. The Balaban J connectivity index is 2.00. The van der Waals surface area contributed by atoms with Crippen molar-refractivity contribution in [3.8, 4) is 5.75 Å². The van der Waals surface area contributed by atoms with Crippen LogP contribution in [0, 0.1) is 0 Å². The van der Waals surface area contributed by atoms with Crippen LogP contribution in [-0.2, 0) is 4.79 Å². The Hall–Kier alpha value is -2.88. The van der Waals surface area contributed by atoms with Crippen LogP contribution in [0.2, 0.25) is 0 Å². The summed E-state index contributed by atoms with van der Waals surface area (Å²) >= 11 is 0. The number of ether oxygens (including phenoxy) is 1. The van der Waals surface area contributed by atoms with Gasteiger partial charge in [-0.1, -0.05) is 37.3 Å². The average Bonchev–Trinajstić information content (AvgIpc) is 2.68. The predicted octanol–water partition coefficient (Wildman–Crippen LogP) is 5.14. The van der Waals surface area contributed by atoms with E-state index in [4.69, 9.17) is 9.73 Å². The van der Waals surface area contributed by atoms with Gasteiger partial charge in [0.2, 0.25) is 0 Å². The summed E-state index contributed by atoms with van der Waals surface area (Å²) in [4.78, 5) is 17.5. The number of allylic oxidation sites excluding steroid dienone is 2. The standard InChI is InChI=1S/C22H23NO3/c1-3-20(24)22-19(23-17-9-11-18(26-2)12-10-17)13-16(14-21(22)25)15-7-5-4-6-8-15/h4-12,16,24H,3,13-14H2,1-2H3/t16-/m1/s1. The first-order chi connectivity index (χ1) is 12.6. The first-order valence-electron chi connectivity index (χ1n) is 8.84. The maximum atomic E-state index is 12.8. The largest absolute Gasteiger partial charge is 0.512 e. The predicted molar refractivity (Wildman–Crippen MR) is 103 cm³/mol. The van der Waals surface area contributed by atoms with Gasteiger partial charge in [0, 0.05) is 12.8 Å². The highest BCUT2D eigenvalue weighted by atomic mass is 16.5. The van der Waals surface area contributed by atoms with Gasteiger partial charge in [0.05, 0.1) is 24.1 Å². The van der Waals surface area contributed by atoms with E-state index >= 15 is 0 Å². The topological polar surface area (TPSA) is 58.9 Å². The molecule has 0 spiro atoms. The summed E-state index contributed by atoms with van der Waals surface area (Å²) in [6, 6.07) is 17.4. The fourth-order valence-electron chi connectivity index (χ4n) is 3.27. The van der Waals surface area contributed by atoms with Gasteiger partial charge in [-0.3, -0.25) is 9.79 Å². The number of rotatable bonds is 4. The van der Waals surface area contributed by atoms with Crippen molar-refractivity contribution in [1.82, 2.24) is 0 Å². The van der Waals surface area contributed by atoms with Gasteiger partial charge in [-0.15, -0.1) is 0 Å². The second-order valence-corrected chi connectivity index (χ2v) is 6.37. The molecular weight excluding hydrogens is 326 g/mol. The van der Waals surface area contributed by atoms with Crippen molar-refractivity contribution in [3.05, 3.63) is 71.5 Å². The molecule has 2 aromatic rings. The van der Waals surface area contributed by atoms with Gasteiger partial charge >= 0.3 is 0 Å². The quantitative estimate of drug-likeness (QED) is 0.614. The van der Waals surface area contributed by atoms with Crippen LogP contribution in [-0.4, -0.2) is 23.7 Å². The fraction of sp³-hybridized carbons (Fsp3) is 0.273. The summed E-state index contributed by atoms with van der Waals surface area (Å²) in [6.45, 7) is 1.84. The number of aliphatic hydroxyl groups excluding tert-OH is 1. The molecule has 1 saturated carbocycles. The molecular formula is C22H23NO3. The number of ketones is 1. The molecule has 2 aromatic carbocycles. The van der Waals surface area contributed by atoms with Gasteiger partial charge in [0.25, 0.3) is 0 Å². The minimum Gasteiger partial charge on any atom is -0.512 e. The Kier molecular flexibility index (Phi) is 5.52. The number of methoxy groups -OCH3 is 1. The molecule has 3 rings (SSSR count). The van der Waals surface area contributed by atoms with Gasteiger partial charge in [0.15, 0.2) is 5.78 Å². The van der Waals surface area contributed by atoms with E-state index in [0.717, 1.165) is 17.0 Å². The van der Waals surface area contributed by atoms with Crippen LogP contribution in [0.3, 0.4) is 0 Å². The SMILES string of the molecule is CCC(O)=C1C(=O)C[C@H](c2ccccc2)CC1=Nc1ccc(OC)cc1. The first kappa shape index (κ1) is 17.9. The van der Waals surface area contributed by atoms with Crippen LogP contribution in [0.1, 0.15) is 37.7 Å². The molecule has 1 fully saturated rings. The van der Waals surface area contributed by atoms with Gasteiger partial charge < -0.3 is 9.84 Å². The van der Waals surface area contributed by atoms with Gasteiger partial charge in [-0.05, 0) is 42.2 Å². The molecule has 0 amide bonds. The fourth-order valence-corrected chi connectivity index (χ4v) is 3.27. The number of Topliss-reactive ketones (excluding diaryl/α,β-unsaturated/α-hetero) is 1. The second kappa shape index (κ2) is 8.00. The zero-order valence-corrected chi connectivity index (χ0v) is 15.1. The molecule has 0 unspecified atom stereocenters. The highest BCUT2D eigenvalue weighted by Crippen LogP contribution is 2.34. The molecule has 4 nitrogen and oxygen atoms in total. The third kappa shape index (κ3) is 3.85. The lowest BCUT2D eigenvalue weighted by atomic mass is 9.79. The lowest BCUT2D eigenvalue weighted by Crippen LogP contribution is -2.26. The lowest BCUT2D eigenvalue weighted by Gasteiger charge is -2.25. The van der Waals surface area contributed by atoms with E-state index in [1.165, 1.54) is 0 Å². The van der Waals surface area contributed by atoms with E-state index in [2.05, 4.69) is 0 Å². The molecule has 4 heteroatoms. The summed E-state index contributed by atoms with van der Waals surface area (Å²) in [6.07, 6.45) is 1.44. The van der Waals surface area contributed by atoms with E-state index < -0.39 is 0 Å². The van der Waals surface area contributed by atoms with Crippen LogP contribution in [0.25, 0.3) is 0 Å². The smallest absolute Gasteiger partial charge is 0.168 e. The number of carbonyl (C=O) groups is 1. The molecule has 0 aliphatic heterocycles. The number of hydrogen-bond acceptors (Lipinski definition) is 4. The average molecular weight is 349 g/mol. The number of aliphatic imine (C=N–C) groups is 1. The summed E-state index contributed by atoms with van der Waals surface area (Å²) < 4.78 is 5.18. The molecule has 1 N–H and O–H groups in total. The Morgan fingerprint density at radius 1 is 1.12 bits per heavy atom. The minimum absolute atomic E-state index is 0.0447. The van der Waals surface area contributed by atoms with Crippen molar-refractivity contribution in [3.63, 3.8) is 0 Å². The summed E-state index contributed by atoms with van der Waals surface area (Å²) in [5.41, 5.74) is 2.90. The molecule has 0 bridgehead atoms. The van der Waals surface area contributed by atoms with Crippen LogP contribution in [0.15, 0.2) is 70.9 Å².